The fourth-order valence-corrected chi connectivity index (χ4v) is 16.8. The van der Waals surface area contributed by atoms with Crippen molar-refractivity contribution in [1.29, 1.82) is 0 Å². The molecule has 0 radical (unpaired) electrons. The molecule has 0 aliphatic carbocycles. The minimum Gasteiger partial charge on any atom is -0.665 e. The van der Waals surface area contributed by atoms with Gasteiger partial charge in [-0.2, -0.15) is 6.54 Å². The summed E-state index contributed by atoms with van der Waals surface area (Å²) < 4.78 is 24.5. The SMILES string of the molecule is CO[Si](P)(P)CCCN.CO[Si](P)(P)CCC[N-][Si](C)(C)C.CO[Si]1(OC)CCCN1[Si](C)(C)C.[Li+]. The monoisotopic (exact) mass is 663 g/mol. The molecule has 0 amide bonds. The molecule has 0 spiro atoms. The first-order valence-electron chi connectivity index (χ1n) is 12.4. The first-order valence-corrected chi connectivity index (χ1v) is 32.7. The fraction of sp³-hybridized carbons (Fsp3) is 1.00. The zero-order chi connectivity index (χ0) is 28.0. The molecule has 1 saturated heterocycles. The molecule has 0 bridgehead atoms. The van der Waals surface area contributed by atoms with Gasteiger partial charge in [0.15, 0.2) is 0 Å². The summed E-state index contributed by atoms with van der Waals surface area (Å²) in [6, 6.07) is 3.40. The molecule has 0 saturated carbocycles. The Morgan fingerprint density at radius 3 is 1.58 bits per heavy atom. The first kappa shape index (κ1) is 43.6. The topological polar surface area (TPSA) is 80.3 Å². The van der Waals surface area contributed by atoms with Gasteiger partial charge in [0.05, 0.1) is 0 Å². The second-order valence-electron chi connectivity index (χ2n) is 10.9. The number of hydrogen-bond donors (Lipinski definition) is 1. The van der Waals surface area contributed by atoms with Gasteiger partial charge in [-0.05, 0) is 38.0 Å². The third-order valence-corrected chi connectivity index (χ3v) is 25.0. The van der Waals surface area contributed by atoms with E-state index in [0.717, 1.165) is 44.1 Å². The average molecular weight is 664 g/mol. The third-order valence-electron chi connectivity index (χ3n) is 5.58. The van der Waals surface area contributed by atoms with Gasteiger partial charge in [0.2, 0.25) is 15.3 Å². The molecule has 7 nitrogen and oxygen atoms in total. The number of nitrogens with two attached hydrogens (primary N) is 1. The van der Waals surface area contributed by atoms with Gasteiger partial charge in [-0.15, -0.1) is 35.2 Å². The van der Waals surface area contributed by atoms with E-state index in [0.29, 0.717) is 0 Å². The Kier molecular flexibility index (Phi) is 25.3. The van der Waals surface area contributed by atoms with Crippen LogP contribution in [0.3, 0.4) is 0 Å². The third kappa shape index (κ3) is 20.9. The Morgan fingerprint density at radius 1 is 0.833 bits per heavy atom. The summed E-state index contributed by atoms with van der Waals surface area (Å²) in [5.74, 6) is 0. The smallest absolute Gasteiger partial charge is 0.665 e. The second-order valence-corrected chi connectivity index (χ2v) is 45.5. The van der Waals surface area contributed by atoms with Gasteiger partial charge in [0, 0.05) is 34.5 Å². The van der Waals surface area contributed by atoms with Crippen molar-refractivity contribution < 1.29 is 36.6 Å². The van der Waals surface area contributed by atoms with Crippen LogP contribution in [0.2, 0.25) is 57.4 Å². The van der Waals surface area contributed by atoms with Gasteiger partial charge >= 0.3 is 27.6 Å². The molecule has 36 heavy (non-hydrogen) atoms. The Balaban J connectivity index is -0.000000456. The molecule has 1 aliphatic rings. The molecular weight excluding hydrogens is 605 g/mol. The van der Waals surface area contributed by atoms with E-state index in [1.165, 1.54) is 13.0 Å². The molecule has 1 heterocycles. The predicted octanol–water partition coefficient (Wildman–Crippen LogP) is 2.35. The number of hydrogen-bond acceptors (Lipinski definition) is 6. The Morgan fingerprint density at radius 2 is 1.28 bits per heavy atom. The molecule has 0 aromatic rings. The maximum atomic E-state index is 5.66. The normalized spacial score (nSPS) is 16.4. The Labute approximate surface area is 250 Å². The van der Waals surface area contributed by atoms with Crippen molar-refractivity contribution in [2.24, 2.45) is 5.73 Å². The molecule has 4 atom stereocenters. The van der Waals surface area contributed by atoms with E-state index in [-0.39, 0.29) is 18.9 Å². The Bertz CT molecular complexity index is 562. The summed E-state index contributed by atoms with van der Waals surface area (Å²) in [4.78, 5) is 4.68. The van der Waals surface area contributed by atoms with E-state index in [4.69, 9.17) is 23.4 Å². The van der Waals surface area contributed by atoms with Crippen molar-refractivity contribution in [3.05, 3.63) is 4.98 Å². The van der Waals surface area contributed by atoms with Crippen molar-refractivity contribution >= 4 is 75.6 Å². The van der Waals surface area contributed by atoms with Crippen LogP contribution < -0.4 is 24.6 Å². The van der Waals surface area contributed by atoms with Gasteiger partial charge in [-0.25, -0.2) is 0 Å². The van der Waals surface area contributed by atoms with E-state index in [1.807, 2.05) is 0 Å². The van der Waals surface area contributed by atoms with Gasteiger partial charge in [0.25, 0.3) is 0 Å². The molecule has 1 aliphatic heterocycles. The molecule has 0 aromatic heterocycles. The van der Waals surface area contributed by atoms with Crippen LogP contribution in [-0.2, 0) is 17.7 Å². The maximum absolute atomic E-state index is 5.66. The van der Waals surface area contributed by atoms with E-state index < -0.39 is 40.5 Å². The second kappa shape index (κ2) is 20.9. The van der Waals surface area contributed by atoms with E-state index in [2.05, 4.69) is 83.6 Å². The van der Waals surface area contributed by atoms with Crippen LogP contribution in [0.5, 0.6) is 0 Å². The Hall–Kier alpha value is 3.12. The standard InChI is InChI=1S/C8H21NO2Si2.C7H22NOP2Si2.C4H15NOP2Si.Li/c1-10-13(11-2)8-6-7-9(13)12(3,4)5;1-9-13(10,11)7-5-6-8-12(2,3)4;1-6-9(7,8)4-2-3-5;/h6-8H2,1-5H3;5-7,10-11H2,1-4H3;2-5,7-8H2,1H3;/q;-1;;+1. The fourth-order valence-electron chi connectivity index (χ4n) is 3.47. The van der Waals surface area contributed by atoms with Crippen LogP contribution >= 0.6 is 35.2 Å². The van der Waals surface area contributed by atoms with Gasteiger partial charge < -0.3 is 32.7 Å². The predicted molar refractivity (Wildman–Crippen MR) is 183 cm³/mol. The van der Waals surface area contributed by atoms with Gasteiger partial charge in [-0.3, -0.25) is 0 Å². The van der Waals surface area contributed by atoms with Gasteiger partial charge in [-0.1, -0.05) is 53.9 Å². The first-order chi connectivity index (χ1) is 15.8. The largest absolute Gasteiger partial charge is 1.00 e. The van der Waals surface area contributed by atoms with Gasteiger partial charge in [0.1, 0.15) is 8.24 Å². The van der Waals surface area contributed by atoms with Crippen LogP contribution in [0.1, 0.15) is 19.3 Å². The minimum atomic E-state index is -1.95. The molecule has 1 rings (SSSR count). The number of rotatable bonds is 13. The molecule has 17 heteroatoms. The summed E-state index contributed by atoms with van der Waals surface area (Å²) >= 11 is 0. The number of nitrogens with zero attached hydrogens (tertiary/aromatic N) is 2. The summed E-state index contributed by atoms with van der Waals surface area (Å²) in [5.41, 5.74) is 5.34. The van der Waals surface area contributed by atoms with E-state index >= 15 is 0 Å². The van der Waals surface area contributed by atoms with Crippen molar-refractivity contribution in [2.45, 2.75) is 76.7 Å². The zero-order valence-corrected chi connectivity index (χ0v) is 34.9. The van der Waals surface area contributed by atoms with Crippen molar-refractivity contribution in [3.63, 3.8) is 0 Å². The van der Waals surface area contributed by atoms with Crippen LogP contribution in [-0.4, -0.2) is 92.8 Å². The summed E-state index contributed by atoms with van der Waals surface area (Å²) in [7, 11) is 11.0. The molecule has 1 fully saturated rings. The van der Waals surface area contributed by atoms with E-state index in [1.54, 1.807) is 28.4 Å². The molecule has 4 unspecified atom stereocenters. The van der Waals surface area contributed by atoms with Crippen molar-refractivity contribution in [3.8, 4) is 0 Å². The maximum Gasteiger partial charge on any atom is 1.00 e. The molecule has 214 valence electrons. The average Bonchev–Trinajstić information content (AvgIpc) is 3.21. The van der Waals surface area contributed by atoms with E-state index in [9.17, 15) is 0 Å². The van der Waals surface area contributed by atoms with Crippen LogP contribution in [0.4, 0.5) is 0 Å². The quantitative estimate of drug-likeness (QED) is 0.185. The minimum absolute atomic E-state index is 0. The van der Waals surface area contributed by atoms with Crippen molar-refractivity contribution in [1.82, 2.24) is 4.23 Å². The van der Waals surface area contributed by atoms with Crippen LogP contribution in [0.15, 0.2) is 0 Å². The van der Waals surface area contributed by atoms with Crippen molar-refractivity contribution in [2.75, 3.05) is 48.1 Å². The molecular formula is C19H58LiN3O4P4Si5. The molecule has 0 aromatic carbocycles. The molecule has 2 N–H and O–H groups in total. The summed E-state index contributed by atoms with van der Waals surface area (Å²) in [6.45, 7) is 16.8. The summed E-state index contributed by atoms with van der Waals surface area (Å²) in [5, 5.41) is 0. The van der Waals surface area contributed by atoms with Crippen LogP contribution in [0.25, 0.3) is 4.98 Å². The zero-order valence-electron chi connectivity index (χ0n) is 25.3. The van der Waals surface area contributed by atoms with Crippen LogP contribution in [0, 0.1) is 0 Å². The summed E-state index contributed by atoms with van der Waals surface area (Å²) in [6.07, 6.45) is 3.46.